The van der Waals surface area contributed by atoms with Crippen LogP contribution in [-0.2, 0) is 4.79 Å². The number of amides is 1. The second kappa shape index (κ2) is 2.35. The minimum Gasteiger partial charge on any atom is -0.391 e. The van der Waals surface area contributed by atoms with E-state index in [0.29, 0.717) is 6.54 Å². The van der Waals surface area contributed by atoms with Gasteiger partial charge in [-0.1, -0.05) is 0 Å². The molecular weight excluding hydrogens is 118 g/mol. The molecule has 1 saturated heterocycles. The Balaban J connectivity index is 2.39. The SMILES string of the molecule is CC(=O)N1CCC(O)C1. The lowest BCUT2D eigenvalue weighted by Crippen LogP contribution is -2.26. The van der Waals surface area contributed by atoms with E-state index in [1.165, 1.54) is 6.92 Å². The molecule has 1 unspecified atom stereocenters. The maximum Gasteiger partial charge on any atom is 0.219 e. The van der Waals surface area contributed by atoms with Gasteiger partial charge in [0, 0.05) is 20.0 Å². The average Bonchev–Trinajstić information content (AvgIpc) is 2.14. The van der Waals surface area contributed by atoms with E-state index in [2.05, 4.69) is 0 Å². The van der Waals surface area contributed by atoms with Gasteiger partial charge < -0.3 is 10.0 Å². The third kappa shape index (κ3) is 1.42. The van der Waals surface area contributed by atoms with Crippen LogP contribution in [0.1, 0.15) is 13.3 Å². The molecule has 1 rings (SSSR count). The molecule has 1 aliphatic heterocycles. The van der Waals surface area contributed by atoms with Gasteiger partial charge in [0.15, 0.2) is 0 Å². The summed E-state index contributed by atoms with van der Waals surface area (Å²) in [6.07, 6.45) is 0.452. The van der Waals surface area contributed by atoms with Crippen molar-refractivity contribution in [1.29, 1.82) is 0 Å². The normalized spacial score (nSPS) is 26.9. The molecule has 1 atom stereocenters. The highest BCUT2D eigenvalue weighted by molar-refractivity contribution is 5.73. The molecule has 3 nitrogen and oxygen atoms in total. The summed E-state index contributed by atoms with van der Waals surface area (Å²) in [5.41, 5.74) is 0. The summed E-state index contributed by atoms with van der Waals surface area (Å²) in [6.45, 7) is 2.77. The van der Waals surface area contributed by atoms with Crippen molar-refractivity contribution in [3.63, 3.8) is 0 Å². The molecule has 0 saturated carbocycles. The summed E-state index contributed by atoms with van der Waals surface area (Å²) in [7, 11) is 0. The zero-order valence-electron chi connectivity index (χ0n) is 5.50. The van der Waals surface area contributed by atoms with E-state index >= 15 is 0 Å². The van der Waals surface area contributed by atoms with Gasteiger partial charge in [0.25, 0.3) is 0 Å². The predicted octanol–water partition coefficient (Wildman–Crippen LogP) is -0.401. The molecule has 52 valence electrons. The summed E-state index contributed by atoms with van der Waals surface area (Å²) >= 11 is 0. The van der Waals surface area contributed by atoms with Gasteiger partial charge in [-0.2, -0.15) is 0 Å². The minimum atomic E-state index is -0.283. The van der Waals surface area contributed by atoms with Crippen molar-refractivity contribution < 1.29 is 9.90 Å². The quantitative estimate of drug-likeness (QED) is 0.483. The molecule has 3 heteroatoms. The Labute approximate surface area is 54.3 Å². The number of carbonyl (C=O) groups excluding carboxylic acids is 1. The number of nitrogens with zero attached hydrogens (tertiary/aromatic N) is 1. The summed E-state index contributed by atoms with van der Waals surface area (Å²) in [5.74, 6) is 0.0616. The van der Waals surface area contributed by atoms with Crippen LogP contribution >= 0.6 is 0 Å². The Morgan fingerprint density at radius 1 is 1.78 bits per heavy atom. The van der Waals surface area contributed by atoms with Gasteiger partial charge in [-0.3, -0.25) is 4.79 Å². The maximum atomic E-state index is 10.6. The highest BCUT2D eigenvalue weighted by Gasteiger charge is 2.21. The number of carbonyl (C=O) groups is 1. The lowest BCUT2D eigenvalue weighted by Gasteiger charge is -2.10. The van der Waals surface area contributed by atoms with Gasteiger partial charge >= 0.3 is 0 Å². The van der Waals surface area contributed by atoms with Gasteiger partial charge in [0.1, 0.15) is 0 Å². The Morgan fingerprint density at radius 2 is 2.44 bits per heavy atom. The van der Waals surface area contributed by atoms with E-state index in [1.807, 2.05) is 0 Å². The number of rotatable bonds is 0. The number of hydrogen-bond donors (Lipinski definition) is 1. The number of likely N-dealkylation sites (tertiary alicyclic amines) is 1. The molecule has 0 radical (unpaired) electrons. The van der Waals surface area contributed by atoms with Crippen molar-refractivity contribution in [3.05, 3.63) is 0 Å². The molecule has 1 heterocycles. The van der Waals surface area contributed by atoms with Crippen LogP contribution in [0.3, 0.4) is 0 Å². The van der Waals surface area contributed by atoms with Crippen molar-refractivity contribution in [2.75, 3.05) is 13.1 Å². The smallest absolute Gasteiger partial charge is 0.219 e. The lowest BCUT2D eigenvalue weighted by atomic mass is 10.3. The maximum absolute atomic E-state index is 10.6. The Morgan fingerprint density at radius 3 is 2.67 bits per heavy atom. The fraction of sp³-hybridized carbons (Fsp3) is 0.833. The van der Waals surface area contributed by atoms with Gasteiger partial charge in [-0.25, -0.2) is 0 Å². The highest BCUT2D eigenvalue weighted by Crippen LogP contribution is 2.07. The molecule has 1 aliphatic rings. The predicted molar refractivity (Wildman–Crippen MR) is 32.9 cm³/mol. The molecule has 0 aliphatic carbocycles. The van der Waals surface area contributed by atoms with Crippen molar-refractivity contribution >= 4 is 5.91 Å². The van der Waals surface area contributed by atoms with Crippen molar-refractivity contribution in [2.45, 2.75) is 19.4 Å². The van der Waals surface area contributed by atoms with Crippen LogP contribution < -0.4 is 0 Å². The van der Waals surface area contributed by atoms with Gasteiger partial charge in [0.2, 0.25) is 5.91 Å². The van der Waals surface area contributed by atoms with E-state index in [1.54, 1.807) is 4.90 Å². The summed E-state index contributed by atoms with van der Waals surface area (Å²) < 4.78 is 0. The topological polar surface area (TPSA) is 40.5 Å². The lowest BCUT2D eigenvalue weighted by molar-refractivity contribution is -0.128. The molecule has 0 aromatic carbocycles. The van der Waals surface area contributed by atoms with Crippen LogP contribution in [0.2, 0.25) is 0 Å². The summed E-state index contributed by atoms with van der Waals surface area (Å²) in [6, 6.07) is 0. The van der Waals surface area contributed by atoms with Crippen LogP contribution in [0.5, 0.6) is 0 Å². The van der Waals surface area contributed by atoms with Gasteiger partial charge in [-0.15, -0.1) is 0 Å². The van der Waals surface area contributed by atoms with E-state index in [-0.39, 0.29) is 12.0 Å². The Bertz CT molecular complexity index is 124. The van der Waals surface area contributed by atoms with E-state index in [4.69, 9.17) is 5.11 Å². The van der Waals surface area contributed by atoms with Crippen LogP contribution in [0.15, 0.2) is 0 Å². The Kier molecular flexibility index (Phi) is 1.71. The molecule has 9 heavy (non-hydrogen) atoms. The number of aliphatic hydroxyl groups is 1. The second-order valence-electron chi connectivity index (χ2n) is 2.41. The second-order valence-corrected chi connectivity index (χ2v) is 2.41. The fourth-order valence-electron chi connectivity index (χ4n) is 1.03. The van der Waals surface area contributed by atoms with Crippen molar-refractivity contribution in [1.82, 2.24) is 4.90 Å². The van der Waals surface area contributed by atoms with E-state index in [9.17, 15) is 4.79 Å². The molecule has 1 N–H and O–H groups in total. The first-order valence-corrected chi connectivity index (χ1v) is 3.13. The van der Waals surface area contributed by atoms with E-state index < -0.39 is 0 Å². The molecule has 1 fully saturated rings. The summed E-state index contributed by atoms with van der Waals surface area (Å²) in [5, 5.41) is 8.95. The number of hydrogen-bond acceptors (Lipinski definition) is 2. The zero-order valence-corrected chi connectivity index (χ0v) is 5.50. The average molecular weight is 129 g/mol. The van der Waals surface area contributed by atoms with Crippen molar-refractivity contribution in [3.8, 4) is 0 Å². The standard InChI is InChI=1S/C6H11NO2/c1-5(8)7-3-2-6(9)4-7/h6,9H,2-4H2,1H3. The zero-order chi connectivity index (χ0) is 6.85. The first-order valence-electron chi connectivity index (χ1n) is 3.13. The number of β-amino-alcohol motifs (C(OH)–C–C–N with tert-alkyl or cyclic N) is 1. The minimum absolute atomic E-state index is 0.0616. The monoisotopic (exact) mass is 129 g/mol. The first kappa shape index (κ1) is 6.55. The molecule has 1 amide bonds. The summed E-state index contributed by atoms with van der Waals surface area (Å²) in [4.78, 5) is 12.3. The fourth-order valence-corrected chi connectivity index (χ4v) is 1.03. The van der Waals surface area contributed by atoms with Crippen LogP contribution in [0.25, 0.3) is 0 Å². The highest BCUT2D eigenvalue weighted by atomic mass is 16.3. The molecular formula is C6H11NO2. The van der Waals surface area contributed by atoms with Crippen LogP contribution in [0, 0.1) is 0 Å². The molecule has 0 aromatic rings. The first-order chi connectivity index (χ1) is 4.20. The largest absolute Gasteiger partial charge is 0.391 e. The van der Waals surface area contributed by atoms with Gasteiger partial charge in [-0.05, 0) is 6.42 Å². The van der Waals surface area contributed by atoms with E-state index in [0.717, 1.165) is 13.0 Å². The van der Waals surface area contributed by atoms with Crippen LogP contribution in [0.4, 0.5) is 0 Å². The van der Waals surface area contributed by atoms with Crippen LogP contribution in [-0.4, -0.2) is 35.1 Å². The molecule has 0 spiro atoms. The van der Waals surface area contributed by atoms with Crippen molar-refractivity contribution in [2.24, 2.45) is 0 Å². The number of aliphatic hydroxyl groups excluding tert-OH is 1. The third-order valence-corrected chi connectivity index (χ3v) is 1.61. The molecule has 0 bridgehead atoms. The third-order valence-electron chi connectivity index (χ3n) is 1.61. The Hall–Kier alpha value is -0.570. The van der Waals surface area contributed by atoms with Gasteiger partial charge in [0.05, 0.1) is 6.10 Å². The molecule has 0 aromatic heterocycles.